The molecule has 0 rings (SSSR count). The average Bonchev–Trinajstić information content (AvgIpc) is 2.62. The molecule has 0 aliphatic carbocycles. The lowest BCUT2D eigenvalue weighted by molar-refractivity contribution is -0.150. The Bertz CT molecular complexity index is 341. The highest BCUT2D eigenvalue weighted by atomic mass is 16.5. The first kappa shape index (κ1) is 24.2. The molecule has 0 aromatic rings. The molecule has 1 atom stereocenters. The summed E-state index contributed by atoms with van der Waals surface area (Å²) < 4.78 is 5.09. The minimum Gasteiger partial charge on any atom is -0.465 e. The summed E-state index contributed by atoms with van der Waals surface area (Å²) in [6.07, 6.45) is 21.3. The Morgan fingerprint density at radius 2 is 1.36 bits per heavy atom. The quantitative estimate of drug-likeness (QED) is 0.189. The van der Waals surface area contributed by atoms with Crippen molar-refractivity contribution in [1.82, 2.24) is 0 Å². The predicted molar refractivity (Wildman–Crippen MR) is 109 cm³/mol. The third kappa shape index (κ3) is 13.1. The van der Waals surface area contributed by atoms with E-state index < -0.39 is 5.54 Å². The first-order chi connectivity index (χ1) is 12.1. The van der Waals surface area contributed by atoms with Crippen molar-refractivity contribution in [3.8, 4) is 0 Å². The second-order valence-corrected chi connectivity index (χ2v) is 7.21. The van der Waals surface area contributed by atoms with Crippen LogP contribution in [-0.4, -0.2) is 18.1 Å². The zero-order chi connectivity index (χ0) is 18.8. The summed E-state index contributed by atoms with van der Waals surface area (Å²) in [6.45, 7) is 6.46. The summed E-state index contributed by atoms with van der Waals surface area (Å²) in [4.78, 5) is 11.9. The van der Waals surface area contributed by atoms with Crippen LogP contribution in [0.25, 0.3) is 0 Å². The van der Waals surface area contributed by atoms with Gasteiger partial charge in [-0.2, -0.15) is 0 Å². The molecule has 25 heavy (non-hydrogen) atoms. The molecule has 2 N–H and O–H groups in total. The molecule has 0 fully saturated rings. The number of esters is 1. The van der Waals surface area contributed by atoms with Crippen LogP contribution in [0.2, 0.25) is 0 Å². The number of ether oxygens (including phenoxy) is 1. The Kier molecular flexibility index (Phi) is 16.1. The summed E-state index contributed by atoms with van der Waals surface area (Å²) >= 11 is 0. The van der Waals surface area contributed by atoms with Gasteiger partial charge in [0.05, 0.1) is 6.61 Å². The van der Waals surface area contributed by atoms with Crippen molar-refractivity contribution in [2.24, 2.45) is 5.73 Å². The third-order valence-electron chi connectivity index (χ3n) is 4.95. The second-order valence-electron chi connectivity index (χ2n) is 7.21. The van der Waals surface area contributed by atoms with Gasteiger partial charge < -0.3 is 10.5 Å². The van der Waals surface area contributed by atoms with E-state index in [0.717, 1.165) is 19.3 Å². The predicted octanol–water partition coefficient (Wildman–Crippen LogP) is 6.30. The van der Waals surface area contributed by atoms with Crippen molar-refractivity contribution in [3.05, 3.63) is 12.2 Å². The third-order valence-corrected chi connectivity index (χ3v) is 4.95. The fourth-order valence-corrected chi connectivity index (χ4v) is 3.03. The van der Waals surface area contributed by atoms with E-state index in [9.17, 15) is 4.79 Å². The second kappa shape index (κ2) is 16.6. The van der Waals surface area contributed by atoms with Crippen LogP contribution in [0.3, 0.4) is 0 Å². The molecule has 0 aliphatic rings. The minimum atomic E-state index is -0.785. The first-order valence-electron chi connectivity index (χ1n) is 10.7. The SMILES string of the molecule is CCCCCCCCC=CCCCCCCC(N)(CC)C(=O)OCC. The van der Waals surface area contributed by atoms with Crippen LogP contribution in [-0.2, 0) is 9.53 Å². The average molecular weight is 354 g/mol. The van der Waals surface area contributed by atoms with E-state index in [2.05, 4.69) is 19.1 Å². The van der Waals surface area contributed by atoms with E-state index in [0.29, 0.717) is 13.0 Å². The van der Waals surface area contributed by atoms with Crippen LogP contribution in [0, 0.1) is 0 Å². The van der Waals surface area contributed by atoms with Gasteiger partial charge in [0, 0.05) is 0 Å². The van der Waals surface area contributed by atoms with Crippen molar-refractivity contribution < 1.29 is 9.53 Å². The normalized spacial score (nSPS) is 13.9. The van der Waals surface area contributed by atoms with Crippen LogP contribution in [0.15, 0.2) is 12.2 Å². The van der Waals surface area contributed by atoms with Crippen molar-refractivity contribution in [3.63, 3.8) is 0 Å². The van der Waals surface area contributed by atoms with Crippen molar-refractivity contribution in [1.29, 1.82) is 0 Å². The number of hydrogen-bond acceptors (Lipinski definition) is 3. The number of unbranched alkanes of at least 4 members (excludes halogenated alkanes) is 10. The summed E-state index contributed by atoms with van der Waals surface area (Å²) in [6, 6.07) is 0. The highest BCUT2D eigenvalue weighted by molar-refractivity contribution is 5.80. The largest absolute Gasteiger partial charge is 0.465 e. The van der Waals surface area contributed by atoms with Gasteiger partial charge in [-0.05, 0) is 45.4 Å². The fraction of sp³-hybridized carbons (Fsp3) is 0.864. The molecule has 0 saturated heterocycles. The van der Waals surface area contributed by atoms with Gasteiger partial charge in [0.15, 0.2) is 0 Å². The summed E-state index contributed by atoms with van der Waals surface area (Å²) in [5.41, 5.74) is 5.40. The van der Waals surface area contributed by atoms with Crippen LogP contribution in [0.1, 0.15) is 111 Å². The molecule has 0 radical (unpaired) electrons. The van der Waals surface area contributed by atoms with Crippen LogP contribution >= 0.6 is 0 Å². The number of allylic oxidation sites excluding steroid dienone is 2. The number of nitrogens with two attached hydrogens (primary N) is 1. The highest BCUT2D eigenvalue weighted by Gasteiger charge is 2.32. The lowest BCUT2D eigenvalue weighted by atomic mass is 9.90. The molecule has 0 heterocycles. The highest BCUT2D eigenvalue weighted by Crippen LogP contribution is 2.19. The molecule has 0 aliphatic heterocycles. The molecule has 0 aromatic heterocycles. The van der Waals surface area contributed by atoms with Crippen molar-refractivity contribution in [2.75, 3.05) is 6.61 Å². The number of carbonyl (C=O) groups excluding carboxylic acids is 1. The molecule has 0 aromatic carbocycles. The molecule has 148 valence electrons. The van der Waals surface area contributed by atoms with Gasteiger partial charge in [-0.15, -0.1) is 0 Å². The first-order valence-corrected chi connectivity index (χ1v) is 10.7. The minimum absolute atomic E-state index is 0.241. The maximum Gasteiger partial charge on any atom is 0.326 e. The zero-order valence-electron chi connectivity index (χ0n) is 17.2. The Hall–Kier alpha value is -0.830. The molecular formula is C22H43NO2. The molecule has 3 nitrogen and oxygen atoms in total. The molecule has 3 heteroatoms. The van der Waals surface area contributed by atoms with Crippen molar-refractivity contribution in [2.45, 2.75) is 116 Å². The Morgan fingerprint density at radius 1 is 0.840 bits per heavy atom. The van der Waals surface area contributed by atoms with E-state index in [1.54, 1.807) is 0 Å². The smallest absolute Gasteiger partial charge is 0.326 e. The fourth-order valence-electron chi connectivity index (χ4n) is 3.03. The zero-order valence-corrected chi connectivity index (χ0v) is 17.2. The summed E-state index contributed by atoms with van der Waals surface area (Å²) in [5, 5.41) is 0. The van der Waals surface area contributed by atoms with Gasteiger partial charge in [0.1, 0.15) is 5.54 Å². The molecular weight excluding hydrogens is 310 g/mol. The van der Waals surface area contributed by atoms with Gasteiger partial charge >= 0.3 is 5.97 Å². The van der Waals surface area contributed by atoms with E-state index in [1.807, 2.05) is 13.8 Å². The van der Waals surface area contributed by atoms with E-state index in [1.165, 1.54) is 64.2 Å². The maximum absolute atomic E-state index is 11.9. The lowest BCUT2D eigenvalue weighted by Crippen LogP contribution is -2.48. The molecule has 0 bridgehead atoms. The van der Waals surface area contributed by atoms with Gasteiger partial charge in [-0.3, -0.25) is 4.79 Å². The van der Waals surface area contributed by atoms with Crippen molar-refractivity contribution >= 4 is 5.97 Å². The van der Waals surface area contributed by atoms with Crippen LogP contribution in [0.5, 0.6) is 0 Å². The van der Waals surface area contributed by atoms with Gasteiger partial charge in [-0.1, -0.05) is 77.4 Å². The number of hydrogen-bond donors (Lipinski definition) is 1. The Labute approximate surface area is 156 Å². The number of carbonyl (C=O) groups is 1. The molecule has 0 saturated carbocycles. The number of rotatable bonds is 17. The van der Waals surface area contributed by atoms with Crippen LogP contribution < -0.4 is 5.73 Å². The van der Waals surface area contributed by atoms with Gasteiger partial charge in [0.25, 0.3) is 0 Å². The summed E-state index contributed by atoms with van der Waals surface area (Å²) in [5.74, 6) is -0.241. The lowest BCUT2D eigenvalue weighted by Gasteiger charge is -2.25. The topological polar surface area (TPSA) is 52.3 Å². The molecule has 0 spiro atoms. The van der Waals surface area contributed by atoms with E-state index in [-0.39, 0.29) is 5.97 Å². The molecule has 0 amide bonds. The maximum atomic E-state index is 11.9. The Balaban J connectivity index is 3.54. The Morgan fingerprint density at radius 3 is 1.88 bits per heavy atom. The molecule has 1 unspecified atom stereocenters. The standard InChI is InChI=1S/C22H43NO2/c1-4-7-8-9-10-11-12-13-14-15-16-17-18-19-20-22(23,5-2)21(24)25-6-3/h13-14H,4-12,15-20,23H2,1-3H3. The summed E-state index contributed by atoms with van der Waals surface area (Å²) in [7, 11) is 0. The van der Waals surface area contributed by atoms with Crippen LogP contribution in [0.4, 0.5) is 0 Å². The van der Waals surface area contributed by atoms with E-state index in [4.69, 9.17) is 10.5 Å². The van der Waals surface area contributed by atoms with E-state index >= 15 is 0 Å². The monoisotopic (exact) mass is 353 g/mol. The van der Waals surface area contributed by atoms with Gasteiger partial charge in [-0.25, -0.2) is 0 Å². The van der Waals surface area contributed by atoms with Gasteiger partial charge in [0.2, 0.25) is 0 Å².